The Morgan fingerprint density at radius 1 is 0.477 bits per heavy atom. The van der Waals surface area contributed by atoms with Crippen LogP contribution in [0.1, 0.15) is 60.8 Å². The van der Waals surface area contributed by atoms with E-state index in [4.69, 9.17) is 47.4 Å². The molecule has 0 N–H and O–H groups in total. The average molecular weight is 889 g/mol. The fourth-order valence-corrected chi connectivity index (χ4v) is 7.42. The van der Waals surface area contributed by atoms with Crippen LogP contribution in [0.5, 0.6) is 0 Å². The van der Waals surface area contributed by atoms with E-state index in [1.54, 1.807) is 91.9 Å². The molecule has 0 unspecified atom stereocenters. The van der Waals surface area contributed by atoms with Gasteiger partial charge in [0.15, 0.2) is 37.0 Å². The van der Waals surface area contributed by atoms with Crippen LogP contribution in [0.2, 0.25) is 0 Å². The third-order valence-electron chi connectivity index (χ3n) is 10.6. The maximum atomic E-state index is 14.1. The first-order valence-electron chi connectivity index (χ1n) is 20.9. The van der Waals surface area contributed by atoms with E-state index in [1.165, 1.54) is 50.4 Å². The lowest BCUT2D eigenvalue weighted by atomic mass is 9.96. The van der Waals surface area contributed by atoms with Gasteiger partial charge in [-0.1, -0.05) is 103 Å². The fraction of sp³-hybridized carbons (Fsp3) is 0.300. The molecule has 2 saturated heterocycles. The lowest BCUT2D eigenvalue weighted by Gasteiger charge is -2.48. The van der Waals surface area contributed by atoms with Crippen molar-refractivity contribution in [2.75, 3.05) is 13.7 Å². The molecule has 0 aromatic heterocycles. The molecule has 65 heavy (non-hydrogen) atoms. The molecule has 0 bridgehead atoms. The highest BCUT2D eigenvalue weighted by molar-refractivity contribution is 5.91. The van der Waals surface area contributed by atoms with E-state index in [2.05, 4.69) is 0 Å². The van der Waals surface area contributed by atoms with Crippen molar-refractivity contribution < 1.29 is 71.3 Å². The van der Waals surface area contributed by atoms with Gasteiger partial charge in [-0.05, 0) is 61.0 Å². The van der Waals surface area contributed by atoms with Crippen molar-refractivity contribution in [1.82, 2.24) is 0 Å². The number of benzene rings is 5. The normalized spacial score (nSPS) is 25.0. The molecule has 0 saturated carbocycles. The quantitative estimate of drug-likeness (QED) is 0.0770. The van der Waals surface area contributed by atoms with Crippen LogP contribution in [0, 0.1) is 0 Å². The van der Waals surface area contributed by atoms with E-state index in [0.29, 0.717) is 0 Å². The summed E-state index contributed by atoms with van der Waals surface area (Å²) in [4.78, 5) is 68.3. The van der Waals surface area contributed by atoms with E-state index in [0.717, 1.165) is 5.56 Å². The Labute approximate surface area is 375 Å². The molecule has 7 rings (SSSR count). The van der Waals surface area contributed by atoms with E-state index in [-0.39, 0.29) is 28.9 Å². The maximum absolute atomic E-state index is 14.1. The van der Waals surface area contributed by atoms with Crippen LogP contribution in [-0.4, -0.2) is 105 Å². The molecule has 0 spiro atoms. The average Bonchev–Trinajstić information content (AvgIpc) is 3.34. The summed E-state index contributed by atoms with van der Waals surface area (Å²) in [5.41, 5.74) is 1.36. The molecule has 338 valence electrons. The van der Waals surface area contributed by atoms with Crippen LogP contribution in [0.15, 0.2) is 152 Å². The van der Waals surface area contributed by atoms with Gasteiger partial charge in [0, 0.05) is 14.0 Å². The molecule has 0 radical (unpaired) electrons. The Morgan fingerprint density at radius 2 is 0.908 bits per heavy atom. The second-order valence-corrected chi connectivity index (χ2v) is 15.1. The van der Waals surface area contributed by atoms with Crippen LogP contribution in [0.3, 0.4) is 0 Å². The highest BCUT2D eigenvalue weighted by Crippen LogP contribution is 2.36. The van der Waals surface area contributed by atoms with Gasteiger partial charge in [0.1, 0.15) is 24.9 Å². The fourth-order valence-electron chi connectivity index (χ4n) is 7.42. The zero-order valence-corrected chi connectivity index (χ0v) is 35.7. The molecule has 2 aliphatic rings. The molecular formula is C50H48O15. The summed E-state index contributed by atoms with van der Waals surface area (Å²) in [7, 11) is 1.39. The third kappa shape index (κ3) is 11.9. The van der Waals surface area contributed by atoms with Crippen LogP contribution < -0.4 is 0 Å². The van der Waals surface area contributed by atoms with Gasteiger partial charge in [-0.2, -0.15) is 0 Å². The third-order valence-corrected chi connectivity index (χ3v) is 10.6. The molecule has 10 atom stereocenters. The van der Waals surface area contributed by atoms with Crippen molar-refractivity contribution >= 4 is 29.8 Å². The van der Waals surface area contributed by atoms with E-state index >= 15 is 0 Å². The molecule has 2 aliphatic heterocycles. The number of hydrogen-bond acceptors (Lipinski definition) is 15. The van der Waals surface area contributed by atoms with Gasteiger partial charge in [0.25, 0.3) is 0 Å². The summed E-state index contributed by atoms with van der Waals surface area (Å²) in [6.45, 7) is 2.34. The van der Waals surface area contributed by atoms with Crippen molar-refractivity contribution in [2.45, 2.75) is 81.9 Å². The summed E-state index contributed by atoms with van der Waals surface area (Å²) in [6.07, 6.45) is -13.7. The number of carbonyl (C=O) groups is 5. The molecular weight excluding hydrogens is 841 g/mol. The van der Waals surface area contributed by atoms with Crippen molar-refractivity contribution in [3.8, 4) is 0 Å². The second-order valence-electron chi connectivity index (χ2n) is 15.1. The smallest absolute Gasteiger partial charge is 0.338 e. The molecule has 15 heteroatoms. The zero-order valence-electron chi connectivity index (χ0n) is 35.7. The Morgan fingerprint density at radius 3 is 1.38 bits per heavy atom. The second kappa shape index (κ2) is 22.2. The summed E-state index contributed by atoms with van der Waals surface area (Å²) in [5, 5.41) is 0. The number of methoxy groups -OCH3 is 1. The largest absolute Gasteiger partial charge is 0.459 e. The molecule has 2 fully saturated rings. The van der Waals surface area contributed by atoms with Gasteiger partial charge in [-0.25, -0.2) is 19.2 Å². The summed E-state index contributed by atoms with van der Waals surface area (Å²) < 4.78 is 61.9. The Bertz CT molecular complexity index is 2330. The Kier molecular flexibility index (Phi) is 15.8. The molecule has 5 aromatic rings. The van der Waals surface area contributed by atoms with Crippen molar-refractivity contribution in [2.24, 2.45) is 0 Å². The van der Waals surface area contributed by atoms with Gasteiger partial charge in [0.05, 0.1) is 35.0 Å². The zero-order chi connectivity index (χ0) is 45.7. The predicted octanol–water partition coefficient (Wildman–Crippen LogP) is 6.54. The Hall–Kier alpha value is -6.75. The topological polar surface area (TPSA) is 178 Å². The van der Waals surface area contributed by atoms with E-state index in [9.17, 15) is 24.0 Å². The minimum atomic E-state index is -1.71. The first-order valence-corrected chi connectivity index (χ1v) is 20.9. The minimum Gasteiger partial charge on any atom is -0.459 e. The highest BCUT2D eigenvalue weighted by atomic mass is 16.8. The SMILES string of the molecule is CO[C@@H]1O[C@@H](C)[C@H](O[C@@H]2O[C@H](COC(=O)c3ccccc3)[C@H](OC(=O)c3ccccc3)[C@H](OC(=O)c3ccccc3)[C@H]2OC(=O)c2ccccc2)[C@@H](OCc2ccccc2)[C@H]1OC(C)=O. The van der Waals surface area contributed by atoms with Gasteiger partial charge >= 0.3 is 29.8 Å². The van der Waals surface area contributed by atoms with E-state index in [1.807, 2.05) is 30.3 Å². The van der Waals surface area contributed by atoms with E-state index < -0.39 is 97.9 Å². The number of hydrogen-bond donors (Lipinski definition) is 0. The highest BCUT2D eigenvalue weighted by Gasteiger charge is 2.57. The predicted molar refractivity (Wildman–Crippen MR) is 229 cm³/mol. The first kappa shape index (κ1) is 46.2. The molecule has 0 aliphatic carbocycles. The first-order chi connectivity index (χ1) is 31.6. The molecule has 2 heterocycles. The van der Waals surface area contributed by atoms with Gasteiger partial charge in [-0.15, -0.1) is 0 Å². The summed E-state index contributed by atoms with van der Waals surface area (Å²) in [6, 6.07) is 41.4. The van der Waals surface area contributed by atoms with Crippen molar-refractivity contribution in [3.63, 3.8) is 0 Å². The number of esters is 5. The van der Waals surface area contributed by atoms with Gasteiger partial charge in [0.2, 0.25) is 0 Å². The van der Waals surface area contributed by atoms with Crippen molar-refractivity contribution in [1.29, 1.82) is 0 Å². The van der Waals surface area contributed by atoms with Crippen LogP contribution in [0.4, 0.5) is 0 Å². The number of ether oxygens (including phenoxy) is 10. The minimum absolute atomic E-state index is 0.0249. The van der Waals surface area contributed by atoms with Gasteiger partial charge in [-0.3, -0.25) is 4.79 Å². The molecule has 0 amide bonds. The lowest BCUT2D eigenvalue weighted by Crippen LogP contribution is -2.66. The number of carbonyl (C=O) groups excluding carboxylic acids is 5. The molecule has 15 nitrogen and oxygen atoms in total. The lowest BCUT2D eigenvalue weighted by molar-refractivity contribution is -0.356. The van der Waals surface area contributed by atoms with Crippen LogP contribution in [0.25, 0.3) is 0 Å². The monoisotopic (exact) mass is 888 g/mol. The number of rotatable bonds is 16. The van der Waals surface area contributed by atoms with Gasteiger partial charge < -0.3 is 47.4 Å². The maximum Gasteiger partial charge on any atom is 0.338 e. The van der Waals surface area contributed by atoms with Crippen LogP contribution >= 0.6 is 0 Å². The summed E-state index contributed by atoms with van der Waals surface area (Å²) in [5.74, 6) is -4.02. The Balaban J connectivity index is 1.33. The van der Waals surface area contributed by atoms with Crippen molar-refractivity contribution in [3.05, 3.63) is 179 Å². The molecule has 5 aromatic carbocycles. The summed E-state index contributed by atoms with van der Waals surface area (Å²) >= 11 is 0. The standard InChI is InChI=1S/C50H48O15/c1-31-39(41(57-29-33-19-9-4-10-20-33)43(60-32(2)51)49(56-3)59-31)65-50-44(64-48(55)37-27-17-8-18-28-37)42(63-47(54)36-25-15-7-16-26-36)40(62-46(53)35-23-13-6-14-24-35)38(61-50)30-58-45(52)34-21-11-5-12-22-34/h4-28,31,38-44,49-50H,29-30H2,1-3H3/t31-,38+,39-,40-,41+,42-,43+,44+,49+,50-/m0/s1. The van der Waals surface area contributed by atoms with Crippen LogP contribution in [-0.2, 0) is 58.8 Å².